The van der Waals surface area contributed by atoms with Gasteiger partial charge in [-0.15, -0.1) is 0 Å². The molecule has 1 rings (SSSR count). The summed E-state index contributed by atoms with van der Waals surface area (Å²) in [4.78, 5) is 0. The molecule has 0 aliphatic carbocycles. The fraction of sp³-hybridized carbons (Fsp3) is 0.400. The molecule has 6 heteroatoms. The molecule has 0 aromatic heterocycles. The Morgan fingerprint density at radius 3 is 1.06 bits per heavy atom. The molecule has 0 heterocycles. The van der Waals surface area contributed by atoms with E-state index in [1.807, 2.05) is 24.3 Å². The van der Waals surface area contributed by atoms with Gasteiger partial charge >= 0.3 is 0 Å². The van der Waals surface area contributed by atoms with Crippen LogP contribution in [0.4, 0.5) is 0 Å². The first kappa shape index (κ1) is 15.0. The van der Waals surface area contributed by atoms with E-state index in [2.05, 4.69) is 0 Å². The van der Waals surface area contributed by atoms with E-state index in [0.29, 0.717) is 12.8 Å². The highest BCUT2D eigenvalue weighted by atomic mass is 35.6. The van der Waals surface area contributed by atoms with E-state index in [9.17, 15) is 0 Å². The number of benzene rings is 1. The van der Waals surface area contributed by atoms with Crippen LogP contribution >= 0.6 is 69.6 Å². The lowest BCUT2D eigenvalue weighted by molar-refractivity contribution is 0.993. The Labute approximate surface area is 125 Å². The summed E-state index contributed by atoms with van der Waals surface area (Å²) in [6, 6.07) is 7.42. The molecule has 16 heavy (non-hydrogen) atoms. The third-order valence-electron chi connectivity index (χ3n) is 1.83. The summed E-state index contributed by atoms with van der Waals surface area (Å²) >= 11 is 34.1. The predicted octanol–water partition coefficient (Wildman–Crippen LogP) is 5.51. The van der Waals surface area contributed by atoms with E-state index in [-0.39, 0.29) is 0 Å². The third kappa shape index (κ3) is 6.64. The number of alkyl halides is 6. The lowest BCUT2D eigenvalue weighted by Crippen LogP contribution is -2.08. The van der Waals surface area contributed by atoms with Crippen LogP contribution in [0.15, 0.2) is 24.3 Å². The van der Waals surface area contributed by atoms with Crippen LogP contribution in [-0.4, -0.2) is 7.59 Å². The minimum atomic E-state index is -1.28. The Hall–Kier alpha value is 0.960. The fourth-order valence-corrected chi connectivity index (χ4v) is 2.16. The first-order valence-corrected chi connectivity index (χ1v) is 6.64. The van der Waals surface area contributed by atoms with E-state index in [1.165, 1.54) is 0 Å². The van der Waals surface area contributed by atoms with Gasteiger partial charge in [-0.3, -0.25) is 0 Å². The van der Waals surface area contributed by atoms with Gasteiger partial charge in [-0.1, -0.05) is 93.9 Å². The molecule has 0 spiro atoms. The van der Waals surface area contributed by atoms with Crippen molar-refractivity contribution in [2.24, 2.45) is 0 Å². The summed E-state index contributed by atoms with van der Waals surface area (Å²) in [6.07, 6.45) is 0.706. The van der Waals surface area contributed by atoms with Gasteiger partial charge < -0.3 is 0 Å². The van der Waals surface area contributed by atoms with Gasteiger partial charge in [-0.2, -0.15) is 0 Å². The van der Waals surface area contributed by atoms with Crippen LogP contribution in [0.1, 0.15) is 11.1 Å². The molecular formula is C10H8Cl6. The molecule has 0 atom stereocenters. The van der Waals surface area contributed by atoms with E-state index in [0.717, 1.165) is 11.1 Å². The highest BCUT2D eigenvalue weighted by molar-refractivity contribution is 6.68. The van der Waals surface area contributed by atoms with Gasteiger partial charge in [0, 0.05) is 12.8 Å². The normalized spacial score (nSPS) is 12.9. The molecule has 0 N–H and O–H groups in total. The lowest BCUT2D eigenvalue weighted by Gasteiger charge is -2.13. The van der Waals surface area contributed by atoms with Crippen molar-refractivity contribution in [3.8, 4) is 0 Å². The largest absolute Gasteiger partial charge is 0.194 e. The van der Waals surface area contributed by atoms with Crippen molar-refractivity contribution in [3.05, 3.63) is 35.4 Å². The minimum absolute atomic E-state index is 0.353. The molecule has 1 aromatic rings. The zero-order valence-electron chi connectivity index (χ0n) is 7.99. The molecule has 0 nitrogen and oxygen atoms in total. The molecule has 90 valence electrons. The highest BCUT2D eigenvalue weighted by Crippen LogP contribution is 2.32. The lowest BCUT2D eigenvalue weighted by atomic mass is 10.1. The Balaban J connectivity index is 2.69. The summed E-state index contributed by atoms with van der Waals surface area (Å²) < 4.78 is -2.56. The smallest absolute Gasteiger partial charge is 0.0833 e. The van der Waals surface area contributed by atoms with Crippen molar-refractivity contribution in [3.63, 3.8) is 0 Å². The standard InChI is InChI=1S/C10H8Cl6/c11-9(12,13)5-7-1-2-8(4-3-7)6-10(14,15)16/h1-4H,5-6H2. The van der Waals surface area contributed by atoms with E-state index in [1.54, 1.807) is 0 Å². The molecule has 0 aliphatic rings. The van der Waals surface area contributed by atoms with Crippen LogP contribution in [0.25, 0.3) is 0 Å². The number of hydrogen-bond donors (Lipinski definition) is 0. The number of hydrogen-bond acceptors (Lipinski definition) is 0. The van der Waals surface area contributed by atoms with Crippen LogP contribution < -0.4 is 0 Å². The first-order chi connectivity index (χ1) is 7.16. The Morgan fingerprint density at radius 1 is 0.625 bits per heavy atom. The second kappa shape index (κ2) is 5.73. The van der Waals surface area contributed by atoms with Crippen LogP contribution in [-0.2, 0) is 12.8 Å². The highest BCUT2D eigenvalue weighted by Gasteiger charge is 2.21. The van der Waals surface area contributed by atoms with Gasteiger partial charge in [0.2, 0.25) is 0 Å². The van der Waals surface area contributed by atoms with Gasteiger partial charge in [-0.05, 0) is 11.1 Å². The van der Waals surface area contributed by atoms with E-state index < -0.39 is 7.59 Å². The summed E-state index contributed by atoms with van der Waals surface area (Å²) in [5, 5.41) is 0. The van der Waals surface area contributed by atoms with Crippen LogP contribution in [0.5, 0.6) is 0 Å². The molecular weight excluding hydrogens is 333 g/mol. The maximum atomic E-state index is 5.68. The van der Waals surface area contributed by atoms with Crippen LogP contribution in [0.2, 0.25) is 0 Å². The zero-order valence-corrected chi connectivity index (χ0v) is 12.5. The van der Waals surface area contributed by atoms with E-state index >= 15 is 0 Å². The summed E-state index contributed by atoms with van der Waals surface area (Å²) in [7, 11) is 0. The van der Waals surface area contributed by atoms with Gasteiger partial charge in [0.25, 0.3) is 0 Å². The van der Waals surface area contributed by atoms with Crippen molar-refractivity contribution in [2.45, 2.75) is 20.4 Å². The molecule has 0 saturated carbocycles. The second-order valence-corrected chi connectivity index (χ2v) is 8.43. The van der Waals surface area contributed by atoms with Gasteiger partial charge in [0.15, 0.2) is 7.59 Å². The van der Waals surface area contributed by atoms with Gasteiger partial charge in [0.1, 0.15) is 0 Å². The third-order valence-corrected chi connectivity index (χ3v) is 2.63. The zero-order chi connectivity index (χ0) is 12.4. The molecule has 0 saturated heterocycles. The van der Waals surface area contributed by atoms with Crippen LogP contribution in [0.3, 0.4) is 0 Å². The monoisotopic (exact) mass is 338 g/mol. The minimum Gasteiger partial charge on any atom is -0.0833 e. The van der Waals surface area contributed by atoms with Crippen molar-refractivity contribution >= 4 is 69.6 Å². The average molecular weight is 341 g/mol. The fourth-order valence-electron chi connectivity index (χ4n) is 1.24. The summed E-state index contributed by atoms with van der Waals surface area (Å²) in [5.74, 6) is 0. The average Bonchev–Trinajstić information content (AvgIpc) is 2.03. The van der Waals surface area contributed by atoms with Crippen molar-refractivity contribution in [1.29, 1.82) is 0 Å². The molecule has 0 bridgehead atoms. The maximum absolute atomic E-state index is 5.68. The Kier molecular flexibility index (Phi) is 5.38. The molecule has 0 aliphatic heterocycles. The SMILES string of the molecule is ClC(Cl)(Cl)Cc1ccc(CC(Cl)(Cl)Cl)cc1. The van der Waals surface area contributed by atoms with Crippen LogP contribution in [0, 0.1) is 0 Å². The predicted molar refractivity (Wildman–Crippen MR) is 74.4 cm³/mol. The first-order valence-electron chi connectivity index (χ1n) is 4.37. The Bertz CT molecular complexity index is 297. The topological polar surface area (TPSA) is 0 Å². The van der Waals surface area contributed by atoms with Crippen molar-refractivity contribution in [1.82, 2.24) is 0 Å². The molecule has 0 radical (unpaired) electrons. The molecule has 0 fully saturated rings. The molecule has 1 aromatic carbocycles. The maximum Gasteiger partial charge on any atom is 0.194 e. The van der Waals surface area contributed by atoms with Gasteiger partial charge in [0.05, 0.1) is 0 Å². The Morgan fingerprint density at radius 2 is 0.875 bits per heavy atom. The van der Waals surface area contributed by atoms with Crippen molar-refractivity contribution in [2.75, 3.05) is 0 Å². The molecule has 0 amide bonds. The number of rotatable bonds is 2. The second-order valence-electron chi connectivity index (χ2n) is 3.40. The molecule has 0 unspecified atom stereocenters. The number of halogens is 6. The summed E-state index contributed by atoms with van der Waals surface area (Å²) in [6.45, 7) is 0. The van der Waals surface area contributed by atoms with Crippen molar-refractivity contribution < 1.29 is 0 Å². The van der Waals surface area contributed by atoms with E-state index in [4.69, 9.17) is 69.6 Å². The quantitative estimate of drug-likeness (QED) is 0.622. The van der Waals surface area contributed by atoms with Gasteiger partial charge in [-0.25, -0.2) is 0 Å². The summed E-state index contributed by atoms with van der Waals surface area (Å²) in [5.41, 5.74) is 1.85.